The van der Waals surface area contributed by atoms with Crippen LogP contribution < -0.4 is 10.6 Å². The number of nitrogens with one attached hydrogen (secondary N) is 2. The number of anilines is 2. The molecule has 20 heavy (non-hydrogen) atoms. The maximum absolute atomic E-state index is 13.3. The molecule has 104 valence electrons. The summed E-state index contributed by atoms with van der Waals surface area (Å²) in [7, 11) is 0. The number of carbonyl (C=O) groups is 1. The van der Waals surface area contributed by atoms with Crippen molar-refractivity contribution >= 4 is 29.0 Å². The van der Waals surface area contributed by atoms with Crippen molar-refractivity contribution in [3.8, 4) is 0 Å². The van der Waals surface area contributed by atoms with E-state index in [1.165, 1.54) is 18.3 Å². The molecular weight excluding hydrogens is 295 g/mol. The molecule has 0 saturated carbocycles. The Bertz CT molecular complexity index is 666. The van der Waals surface area contributed by atoms with Gasteiger partial charge >= 0.3 is 6.03 Å². The topological polar surface area (TPSA) is 54.0 Å². The molecule has 0 radical (unpaired) electrons. The summed E-state index contributed by atoms with van der Waals surface area (Å²) in [5.74, 6) is -3.84. The van der Waals surface area contributed by atoms with Crippen LogP contribution in [0.25, 0.3) is 0 Å². The smallest absolute Gasteiger partial charge is 0.308 e. The molecule has 2 aromatic rings. The van der Waals surface area contributed by atoms with Gasteiger partial charge in [-0.15, -0.1) is 0 Å². The Balaban J connectivity index is 2.15. The molecule has 8 heteroatoms. The van der Waals surface area contributed by atoms with Crippen LogP contribution in [0.2, 0.25) is 5.15 Å². The summed E-state index contributed by atoms with van der Waals surface area (Å²) in [6.07, 6.45) is 1.33. The number of pyridine rings is 1. The van der Waals surface area contributed by atoms with Crippen LogP contribution in [-0.4, -0.2) is 11.0 Å². The fourth-order valence-electron chi connectivity index (χ4n) is 1.40. The lowest BCUT2D eigenvalue weighted by atomic mass is 10.3. The Morgan fingerprint density at radius 3 is 2.50 bits per heavy atom. The number of halogens is 4. The number of urea groups is 1. The van der Waals surface area contributed by atoms with Gasteiger partial charge in [0.05, 0.1) is 0 Å². The van der Waals surface area contributed by atoms with Gasteiger partial charge in [-0.25, -0.2) is 22.9 Å². The molecule has 2 N–H and O–H groups in total. The first-order chi connectivity index (χ1) is 9.47. The second-order valence-corrected chi connectivity index (χ2v) is 4.05. The fraction of sp³-hybridized carbons (Fsp3) is 0. The minimum absolute atomic E-state index is 0.130. The lowest BCUT2D eigenvalue weighted by Crippen LogP contribution is -2.21. The van der Waals surface area contributed by atoms with Gasteiger partial charge in [0.15, 0.2) is 11.6 Å². The van der Waals surface area contributed by atoms with E-state index in [1.54, 1.807) is 0 Å². The highest BCUT2D eigenvalue weighted by Crippen LogP contribution is 2.21. The third kappa shape index (κ3) is 3.18. The monoisotopic (exact) mass is 301 g/mol. The van der Waals surface area contributed by atoms with E-state index in [9.17, 15) is 18.0 Å². The van der Waals surface area contributed by atoms with Crippen molar-refractivity contribution < 1.29 is 18.0 Å². The molecule has 1 aromatic heterocycles. The zero-order valence-corrected chi connectivity index (χ0v) is 10.5. The van der Waals surface area contributed by atoms with Gasteiger partial charge in [0, 0.05) is 11.9 Å². The summed E-state index contributed by atoms with van der Waals surface area (Å²) >= 11 is 5.61. The van der Waals surface area contributed by atoms with Crippen LogP contribution in [0.5, 0.6) is 0 Å². The van der Waals surface area contributed by atoms with Crippen molar-refractivity contribution in [3.63, 3.8) is 0 Å². The Labute approximate surface area is 116 Å². The molecule has 0 fully saturated rings. The highest BCUT2D eigenvalue weighted by atomic mass is 35.5. The van der Waals surface area contributed by atoms with Crippen molar-refractivity contribution in [2.24, 2.45) is 0 Å². The number of benzene rings is 1. The third-order valence-electron chi connectivity index (χ3n) is 2.27. The van der Waals surface area contributed by atoms with Crippen LogP contribution in [0.4, 0.5) is 29.3 Å². The average Bonchev–Trinajstić information content (AvgIpc) is 2.39. The number of amides is 2. The van der Waals surface area contributed by atoms with E-state index in [4.69, 9.17) is 11.6 Å². The van der Waals surface area contributed by atoms with Gasteiger partial charge in [0.1, 0.15) is 16.7 Å². The Hall–Kier alpha value is -2.28. The maximum atomic E-state index is 13.3. The van der Waals surface area contributed by atoms with Crippen LogP contribution in [0.15, 0.2) is 30.5 Å². The summed E-state index contributed by atoms with van der Waals surface area (Å²) in [6.45, 7) is 0. The molecule has 0 saturated heterocycles. The molecule has 0 atom stereocenters. The van der Waals surface area contributed by atoms with E-state index < -0.39 is 29.2 Å². The van der Waals surface area contributed by atoms with Gasteiger partial charge in [-0.3, -0.25) is 0 Å². The lowest BCUT2D eigenvalue weighted by molar-refractivity contribution is 0.262. The number of hydrogen-bond donors (Lipinski definition) is 2. The van der Waals surface area contributed by atoms with E-state index in [2.05, 4.69) is 10.3 Å². The predicted molar refractivity (Wildman–Crippen MR) is 68.2 cm³/mol. The Morgan fingerprint density at radius 2 is 1.80 bits per heavy atom. The van der Waals surface area contributed by atoms with Crippen molar-refractivity contribution in [1.82, 2.24) is 4.98 Å². The Morgan fingerprint density at radius 1 is 1.10 bits per heavy atom. The summed E-state index contributed by atoms with van der Waals surface area (Å²) in [5, 5.41) is 4.29. The molecular formula is C12H7ClF3N3O. The second-order valence-electron chi connectivity index (χ2n) is 3.66. The van der Waals surface area contributed by atoms with E-state index in [-0.39, 0.29) is 10.8 Å². The molecule has 1 heterocycles. The lowest BCUT2D eigenvalue weighted by Gasteiger charge is -2.09. The second kappa shape index (κ2) is 5.79. The van der Waals surface area contributed by atoms with Crippen molar-refractivity contribution in [1.29, 1.82) is 0 Å². The molecule has 0 unspecified atom stereocenters. The zero-order valence-electron chi connectivity index (χ0n) is 9.75. The number of carbonyl (C=O) groups excluding carboxylic acids is 1. The molecule has 2 amide bonds. The number of hydrogen-bond acceptors (Lipinski definition) is 2. The van der Waals surface area contributed by atoms with Gasteiger partial charge < -0.3 is 10.6 Å². The van der Waals surface area contributed by atoms with Gasteiger partial charge in [0.2, 0.25) is 0 Å². The van der Waals surface area contributed by atoms with Crippen molar-refractivity contribution in [3.05, 3.63) is 53.1 Å². The van der Waals surface area contributed by atoms with Crippen LogP contribution in [0.3, 0.4) is 0 Å². The standard InChI is InChI=1S/C12H7ClF3N3O/c13-9-5-6(3-4-17-9)18-12(20)19-11-8(15)2-1-7(14)10(11)16/h1-5H,(H2,17,18,19,20). The minimum atomic E-state index is -1.48. The first kappa shape index (κ1) is 14.1. The van der Waals surface area contributed by atoms with Crippen LogP contribution in [0, 0.1) is 17.5 Å². The number of nitrogens with zero attached hydrogens (tertiary/aromatic N) is 1. The van der Waals surface area contributed by atoms with Gasteiger partial charge in [-0.2, -0.15) is 0 Å². The molecule has 0 aliphatic rings. The summed E-state index contributed by atoms with van der Waals surface area (Å²) in [6, 6.07) is 3.13. The molecule has 0 spiro atoms. The van der Waals surface area contributed by atoms with Crippen molar-refractivity contribution in [2.45, 2.75) is 0 Å². The van der Waals surface area contributed by atoms with E-state index >= 15 is 0 Å². The fourth-order valence-corrected chi connectivity index (χ4v) is 1.57. The van der Waals surface area contributed by atoms with E-state index in [0.717, 1.165) is 0 Å². The average molecular weight is 302 g/mol. The van der Waals surface area contributed by atoms with E-state index in [1.807, 2.05) is 5.32 Å². The highest BCUT2D eigenvalue weighted by molar-refractivity contribution is 6.29. The van der Waals surface area contributed by atoms with Crippen LogP contribution >= 0.6 is 11.6 Å². The Kier molecular flexibility index (Phi) is 4.09. The number of aromatic nitrogens is 1. The first-order valence-corrected chi connectivity index (χ1v) is 5.68. The summed E-state index contributed by atoms with van der Waals surface area (Å²) in [5.41, 5.74) is -0.609. The van der Waals surface area contributed by atoms with Gasteiger partial charge in [0.25, 0.3) is 0 Å². The maximum Gasteiger partial charge on any atom is 0.323 e. The molecule has 1 aromatic carbocycles. The van der Waals surface area contributed by atoms with Crippen LogP contribution in [-0.2, 0) is 0 Å². The zero-order chi connectivity index (χ0) is 14.7. The summed E-state index contributed by atoms with van der Waals surface area (Å²) < 4.78 is 39.6. The molecule has 0 aliphatic heterocycles. The van der Waals surface area contributed by atoms with Crippen LogP contribution in [0.1, 0.15) is 0 Å². The minimum Gasteiger partial charge on any atom is -0.308 e. The van der Waals surface area contributed by atoms with E-state index in [0.29, 0.717) is 12.1 Å². The van der Waals surface area contributed by atoms with Gasteiger partial charge in [-0.1, -0.05) is 11.6 Å². The number of rotatable bonds is 2. The third-order valence-corrected chi connectivity index (χ3v) is 2.47. The normalized spacial score (nSPS) is 10.2. The predicted octanol–water partition coefficient (Wildman–Crippen LogP) is 3.80. The largest absolute Gasteiger partial charge is 0.323 e. The molecule has 0 aliphatic carbocycles. The highest BCUT2D eigenvalue weighted by Gasteiger charge is 2.16. The first-order valence-electron chi connectivity index (χ1n) is 5.30. The van der Waals surface area contributed by atoms with Crippen molar-refractivity contribution in [2.75, 3.05) is 10.6 Å². The summed E-state index contributed by atoms with van der Waals surface area (Å²) in [4.78, 5) is 15.3. The molecule has 2 rings (SSSR count). The molecule has 4 nitrogen and oxygen atoms in total. The molecule has 0 bridgehead atoms. The quantitative estimate of drug-likeness (QED) is 0.655. The van der Waals surface area contributed by atoms with Gasteiger partial charge in [-0.05, 0) is 24.3 Å². The SMILES string of the molecule is O=C(Nc1ccnc(Cl)c1)Nc1c(F)ccc(F)c1F.